The maximum absolute atomic E-state index is 6.22. The number of anilines is 8. The molecule has 3 aromatic carbocycles. The number of nitrogens with two attached hydrogens (primary N) is 8. The van der Waals surface area contributed by atoms with E-state index in [9.17, 15) is 0 Å². The van der Waals surface area contributed by atoms with Crippen molar-refractivity contribution >= 4 is 67.0 Å². The SMILES string of the molecule is Cc1c2c(N)c(N)c(N)c(N)c2c(C)c2c(N)c(N)c(N)c(N)c12. The average molecular weight is 326 g/mol. The topological polar surface area (TPSA) is 208 Å². The predicted molar refractivity (Wildman–Crippen MR) is 106 cm³/mol. The van der Waals surface area contributed by atoms with Crippen LogP contribution in [0, 0.1) is 13.8 Å². The Morgan fingerprint density at radius 3 is 0.667 bits per heavy atom. The first-order valence-corrected chi connectivity index (χ1v) is 7.31. The Hall–Kier alpha value is -3.42. The van der Waals surface area contributed by atoms with Gasteiger partial charge in [-0.2, -0.15) is 0 Å². The summed E-state index contributed by atoms with van der Waals surface area (Å²) in [6.45, 7) is 3.72. The maximum atomic E-state index is 6.22. The molecule has 0 unspecified atom stereocenters. The second kappa shape index (κ2) is 4.54. The third-order valence-electron chi connectivity index (χ3n) is 4.82. The minimum Gasteiger partial charge on any atom is -0.396 e. The Kier molecular flexibility index (Phi) is 2.93. The molecule has 0 aliphatic rings. The van der Waals surface area contributed by atoms with E-state index in [1.54, 1.807) is 0 Å². The molecule has 8 heteroatoms. The van der Waals surface area contributed by atoms with Crippen molar-refractivity contribution in [2.75, 3.05) is 45.9 Å². The molecule has 126 valence electrons. The second-order valence-electron chi connectivity index (χ2n) is 6.06. The van der Waals surface area contributed by atoms with E-state index in [1.165, 1.54) is 0 Å². The van der Waals surface area contributed by atoms with Crippen LogP contribution in [0.3, 0.4) is 0 Å². The standard InChI is InChI=1S/C16H22N8/c1-3-5-7(11(19)15(23)13(21)9(5)17)4(2)8-6(3)10(18)14(22)16(24)12(8)20/h17-24H2,1-2H3. The molecule has 3 aromatic rings. The molecule has 24 heavy (non-hydrogen) atoms. The minimum atomic E-state index is 0.247. The summed E-state index contributed by atoms with van der Waals surface area (Å²) in [7, 11) is 0. The van der Waals surface area contributed by atoms with Gasteiger partial charge in [0.05, 0.1) is 45.5 Å². The van der Waals surface area contributed by atoms with Gasteiger partial charge < -0.3 is 45.9 Å². The van der Waals surface area contributed by atoms with E-state index < -0.39 is 0 Å². The van der Waals surface area contributed by atoms with Crippen molar-refractivity contribution in [1.82, 2.24) is 0 Å². The lowest BCUT2D eigenvalue weighted by molar-refractivity contribution is 1.51. The van der Waals surface area contributed by atoms with Crippen LogP contribution in [0.2, 0.25) is 0 Å². The summed E-state index contributed by atoms with van der Waals surface area (Å²) in [5.41, 5.74) is 52.8. The van der Waals surface area contributed by atoms with Crippen LogP contribution in [-0.4, -0.2) is 0 Å². The fourth-order valence-electron chi connectivity index (χ4n) is 3.47. The molecule has 0 aliphatic heterocycles. The Bertz CT molecular complexity index is 888. The Morgan fingerprint density at radius 2 is 0.500 bits per heavy atom. The number of hydrogen-bond donors (Lipinski definition) is 8. The summed E-state index contributed by atoms with van der Waals surface area (Å²) in [5.74, 6) is 0. The summed E-state index contributed by atoms with van der Waals surface area (Å²) in [4.78, 5) is 0. The lowest BCUT2D eigenvalue weighted by atomic mass is 9.88. The molecule has 0 bridgehead atoms. The number of fused-ring (bicyclic) bond motifs is 2. The highest BCUT2D eigenvalue weighted by molar-refractivity contribution is 6.25. The molecule has 0 spiro atoms. The van der Waals surface area contributed by atoms with Crippen molar-refractivity contribution in [3.05, 3.63) is 11.1 Å². The van der Waals surface area contributed by atoms with Crippen molar-refractivity contribution in [2.45, 2.75) is 13.8 Å². The molecule has 0 atom stereocenters. The molecule has 0 saturated carbocycles. The number of aryl methyl sites for hydroxylation is 2. The van der Waals surface area contributed by atoms with Crippen LogP contribution in [0.4, 0.5) is 45.5 Å². The molecular weight excluding hydrogens is 304 g/mol. The van der Waals surface area contributed by atoms with Crippen molar-refractivity contribution in [3.63, 3.8) is 0 Å². The van der Waals surface area contributed by atoms with Gasteiger partial charge in [-0.25, -0.2) is 0 Å². The number of benzene rings is 3. The molecule has 0 fully saturated rings. The molecule has 0 amide bonds. The maximum Gasteiger partial charge on any atom is 0.0809 e. The van der Waals surface area contributed by atoms with Crippen LogP contribution >= 0.6 is 0 Å². The fraction of sp³-hybridized carbons (Fsp3) is 0.125. The van der Waals surface area contributed by atoms with Crippen LogP contribution in [0.1, 0.15) is 11.1 Å². The van der Waals surface area contributed by atoms with E-state index >= 15 is 0 Å². The van der Waals surface area contributed by atoms with E-state index in [0.717, 1.165) is 11.1 Å². The third-order valence-corrected chi connectivity index (χ3v) is 4.82. The van der Waals surface area contributed by atoms with Crippen molar-refractivity contribution in [3.8, 4) is 0 Å². The summed E-state index contributed by atoms with van der Waals surface area (Å²) >= 11 is 0. The van der Waals surface area contributed by atoms with E-state index in [1.807, 2.05) is 13.8 Å². The molecule has 0 heterocycles. The van der Waals surface area contributed by atoms with Gasteiger partial charge in [-0.05, 0) is 25.0 Å². The number of rotatable bonds is 0. The average Bonchev–Trinajstić information content (AvgIpc) is 2.55. The lowest BCUT2D eigenvalue weighted by Gasteiger charge is -2.22. The third kappa shape index (κ3) is 1.56. The first kappa shape index (κ1) is 15.5. The molecule has 0 aromatic heterocycles. The van der Waals surface area contributed by atoms with Gasteiger partial charge in [0, 0.05) is 21.5 Å². The van der Waals surface area contributed by atoms with Gasteiger partial charge in [0.25, 0.3) is 0 Å². The summed E-state index contributed by atoms with van der Waals surface area (Å²) < 4.78 is 0. The molecule has 0 aliphatic carbocycles. The quantitative estimate of drug-likeness (QED) is 0.222. The van der Waals surface area contributed by atoms with Crippen molar-refractivity contribution in [2.24, 2.45) is 0 Å². The monoisotopic (exact) mass is 326 g/mol. The van der Waals surface area contributed by atoms with Crippen LogP contribution in [0.5, 0.6) is 0 Å². The van der Waals surface area contributed by atoms with Gasteiger partial charge in [-0.15, -0.1) is 0 Å². The first-order valence-electron chi connectivity index (χ1n) is 7.31. The zero-order chi connectivity index (χ0) is 18.1. The molecular formula is C16H22N8. The van der Waals surface area contributed by atoms with Crippen LogP contribution in [0.15, 0.2) is 0 Å². The normalized spacial score (nSPS) is 11.4. The highest BCUT2D eigenvalue weighted by atomic mass is 14.8. The molecule has 8 nitrogen and oxygen atoms in total. The second-order valence-corrected chi connectivity index (χ2v) is 6.06. The van der Waals surface area contributed by atoms with Crippen LogP contribution < -0.4 is 45.9 Å². The summed E-state index contributed by atoms with van der Waals surface area (Å²) in [6, 6.07) is 0. The molecule has 3 rings (SSSR count). The van der Waals surface area contributed by atoms with Crippen LogP contribution in [-0.2, 0) is 0 Å². The van der Waals surface area contributed by atoms with Crippen molar-refractivity contribution in [1.29, 1.82) is 0 Å². The highest BCUT2D eigenvalue weighted by Gasteiger charge is 2.23. The van der Waals surface area contributed by atoms with E-state index in [4.69, 9.17) is 45.9 Å². The zero-order valence-corrected chi connectivity index (χ0v) is 13.6. The number of hydrogen-bond acceptors (Lipinski definition) is 8. The van der Waals surface area contributed by atoms with Gasteiger partial charge in [-0.1, -0.05) is 0 Å². The molecule has 0 radical (unpaired) electrons. The minimum absolute atomic E-state index is 0.247. The van der Waals surface area contributed by atoms with Gasteiger partial charge in [0.15, 0.2) is 0 Å². The van der Waals surface area contributed by atoms with E-state index in [-0.39, 0.29) is 22.7 Å². The first-order chi connectivity index (χ1) is 11.1. The van der Waals surface area contributed by atoms with E-state index in [2.05, 4.69) is 0 Å². The Labute approximate surface area is 138 Å². The Balaban J connectivity index is 2.82. The van der Waals surface area contributed by atoms with Gasteiger partial charge >= 0.3 is 0 Å². The van der Waals surface area contributed by atoms with Crippen LogP contribution in [0.25, 0.3) is 21.5 Å². The molecule has 0 saturated heterocycles. The van der Waals surface area contributed by atoms with Crippen molar-refractivity contribution < 1.29 is 0 Å². The number of nitrogen functional groups attached to an aromatic ring is 8. The molecule has 16 N–H and O–H groups in total. The highest BCUT2D eigenvalue weighted by Crippen LogP contribution is 2.49. The van der Waals surface area contributed by atoms with Gasteiger partial charge in [0.1, 0.15) is 0 Å². The predicted octanol–water partition coefficient (Wildman–Crippen LogP) is 1.27. The van der Waals surface area contributed by atoms with Gasteiger partial charge in [0.2, 0.25) is 0 Å². The van der Waals surface area contributed by atoms with E-state index in [0.29, 0.717) is 44.3 Å². The van der Waals surface area contributed by atoms with Gasteiger partial charge in [-0.3, -0.25) is 0 Å². The summed E-state index contributed by atoms with van der Waals surface area (Å²) in [6.07, 6.45) is 0. The lowest BCUT2D eigenvalue weighted by Crippen LogP contribution is -2.10. The smallest absolute Gasteiger partial charge is 0.0809 e. The largest absolute Gasteiger partial charge is 0.396 e. The summed E-state index contributed by atoms with van der Waals surface area (Å²) in [5, 5.41) is 2.78. The Morgan fingerprint density at radius 1 is 0.333 bits per heavy atom. The zero-order valence-electron chi connectivity index (χ0n) is 13.6. The fourth-order valence-corrected chi connectivity index (χ4v) is 3.47.